The minimum absolute atomic E-state index is 0.0403. The maximum Gasteiger partial charge on any atom is 0.223 e. The number of halogens is 1. The Bertz CT molecular complexity index is 874. The van der Waals surface area contributed by atoms with Crippen LogP contribution in [0.25, 0.3) is 10.8 Å². The van der Waals surface area contributed by atoms with Gasteiger partial charge < -0.3 is 0 Å². The van der Waals surface area contributed by atoms with Crippen LogP contribution in [0.1, 0.15) is 0 Å². The quantitative estimate of drug-likeness (QED) is 0.725. The molecule has 0 aliphatic rings. The molecule has 0 bridgehead atoms. The summed E-state index contributed by atoms with van der Waals surface area (Å²) in [6, 6.07) is 15.1. The first-order valence-electron chi connectivity index (χ1n) is 5.93. The van der Waals surface area contributed by atoms with E-state index < -0.39 is 9.84 Å². The van der Waals surface area contributed by atoms with Gasteiger partial charge in [-0.25, -0.2) is 13.4 Å². The summed E-state index contributed by atoms with van der Waals surface area (Å²) in [6.45, 7) is 0. The molecule has 3 aromatic rings. The van der Waals surface area contributed by atoms with E-state index in [4.69, 9.17) is 11.6 Å². The normalized spacial score (nSPS) is 11.7. The third-order valence-electron chi connectivity index (χ3n) is 3.01. The van der Waals surface area contributed by atoms with Gasteiger partial charge in [0, 0.05) is 16.6 Å². The van der Waals surface area contributed by atoms with Crippen LogP contribution < -0.4 is 0 Å². The summed E-state index contributed by atoms with van der Waals surface area (Å²) in [6.07, 6.45) is 1.57. The van der Waals surface area contributed by atoms with Gasteiger partial charge in [0.1, 0.15) is 0 Å². The van der Waals surface area contributed by atoms with Crippen molar-refractivity contribution in [3.8, 4) is 0 Å². The third-order valence-corrected chi connectivity index (χ3v) is 4.92. The Hall–Kier alpha value is -1.91. The fourth-order valence-electron chi connectivity index (χ4n) is 1.94. The Kier molecular flexibility index (Phi) is 3.20. The molecule has 100 valence electrons. The molecule has 0 aliphatic carbocycles. The first kappa shape index (κ1) is 13.1. The van der Waals surface area contributed by atoms with Gasteiger partial charge in [0.15, 0.2) is 5.03 Å². The number of aromatic nitrogens is 1. The molecule has 5 heteroatoms. The lowest BCUT2D eigenvalue weighted by molar-refractivity contribution is 0.592. The number of benzene rings is 2. The molecule has 3 rings (SSSR count). The van der Waals surface area contributed by atoms with E-state index in [1.807, 2.05) is 24.3 Å². The average molecular weight is 304 g/mol. The molecule has 0 amide bonds. The molecule has 0 spiro atoms. The zero-order valence-corrected chi connectivity index (χ0v) is 11.9. The van der Waals surface area contributed by atoms with E-state index in [1.165, 1.54) is 12.1 Å². The van der Waals surface area contributed by atoms with Gasteiger partial charge in [-0.2, -0.15) is 0 Å². The van der Waals surface area contributed by atoms with Crippen LogP contribution in [0.4, 0.5) is 0 Å². The lowest BCUT2D eigenvalue weighted by Crippen LogP contribution is -2.04. The van der Waals surface area contributed by atoms with Gasteiger partial charge in [-0.3, -0.25) is 0 Å². The van der Waals surface area contributed by atoms with E-state index in [0.717, 1.165) is 10.8 Å². The molecule has 0 unspecified atom stereocenters. The topological polar surface area (TPSA) is 47.0 Å². The lowest BCUT2D eigenvalue weighted by atomic mass is 10.2. The van der Waals surface area contributed by atoms with Gasteiger partial charge >= 0.3 is 0 Å². The van der Waals surface area contributed by atoms with E-state index in [0.29, 0.717) is 5.02 Å². The second-order valence-corrected chi connectivity index (χ2v) is 6.66. The smallest absolute Gasteiger partial charge is 0.223 e. The molecule has 0 aliphatic heterocycles. The molecule has 0 fully saturated rings. The summed E-state index contributed by atoms with van der Waals surface area (Å²) in [5, 5.41) is 2.28. The van der Waals surface area contributed by atoms with Gasteiger partial charge in [0.25, 0.3) is 0 Å². The van der Waals surface area contributed by atoms with Gasteiger partial charge in [0.05, 0.1) is 4.90 Å². The number of hydrogen-bond acceptors (Lipinski definition) is 3. The summed E-state index contributed by atoms with van der Waals surface area (Å²) in [4.78, 5) is 4.24. The molecule has 3 nitrogen and oxygen atoms in total. The van der Waals surface area contributed by atoms with Crippen LogP contribution in [0.2, 0.25) is 5.02 Å². The van der Waals surface area contributed by atoms with Gasteiger partial charge in [-0.1, -0.05) is 35.9 Å². The number of fused-ring (bicyclic) bond motifs is 1. The van der Waals surface area contributed by atoms with E-state index >= 15 is 0 Å². The van der Waals surface area contributed by atoms with Crippen molar-refractivity contribution in [2.75, 3.05) is 0 Å². The van der Waals surface area contributed by atoms with Crippen molar-refractivity contribution < 1.29 is 8.42 Å². The number of rotatable bonds is 2. The highest BCUT2D eigenvalue weighted by Crippen LogP contribution is 2.23. The van der Waals surface area contributed by atoms with Crippen molar-refractivity contribution in [2.45, 2.75) is 9.92 Å². The number of pyridine rings is 1. The molecule has 0 N–H and O–H groups in total. The fourth-order valence-corrected chi connectivity index (χ4v) is 3.28. The number of hydrogen-bond donors (Lipinski definition) is 0. The Labute approximate surface area is 121 Å². The zero-order chi connectivity index (χ0) is 14.2. The highest BCUT2D eigenvalue weighted by Gasteiger charge is 2.19. The first-order valence-corrected chi connectivity index (χ1v) is 7.79. The van der Waals surface area contributed by atoms with E-state index in [1.54, 1.807) is 24.4 Å². The van der Waals surface area contributed by atoms with Crippen LogP contribution in [-0.2, 0) is 9.84 Å². The second-order valence-electron chi connectivity index (χ2n) is 4.33. The summed E-state index contributed by atoms with van der Waals surface area (Å²) in [7, 11) is -3.62. The maximum atomic E-state index is 12.5. The van der Waals surface area contributed by atoms with Crippen LogP contribution in [0.15, 0.2) is 70.7 Å². The summed E-state index contributed by atoms with van der Waals surface area (Å²) in [5.41, 5.74) is 0. The minimum atomic E-state index is -3.62. The minimum Gasteiger partial charge on any atom is -0.244 e. The highest BCUT2D eigenvalue weighted by molar-refractivity contribution is 7.91. The molecule has 0 saturated carbocycles. The van der Waals surface area contributed by atoms with Crippen molar-refractivity contribution in [3.05, 3.63) is 65.8 Å². The Morgan fingerprint density at radius 3 is 2.25 bits per heavy atom. The second kappa shape index (κ2) is 4.89. The van der Waals surface area contributed by atoms with Crippen LogP contribution in [0.3, 0.4) is 0 Å². The predicted molar refractivity (Wildman–Crippen MR) is 78.6 cm³/mol. The molecule has 2 aromatic carbocycles. The summed E-state index contributed by atoms with van der Waals surface area (Å²) < 4.78 is 25.0. The third kappa shape index (κ3) is 2.28. The Morgan fingerprint density at radius 1 is 0.900 bits per heavy atom. The van der Waals surface area contributed by atoms with Crippen LogP contribution in [0, 0.1) is 0 Å². The monoisotopic (exact) mass is 303 g/mol. The van der Waals surface area contributed by atoms with E-state index in [2.05, 4.69) is 4.98 Å². The standard InChI is InChI=1S/C15H10ClNO2S/c16-13-5-7-14(8-6-13)20(18,19)15-9-11-3-1-2-4-12(11)10-17-15/h1-10H. The molecule has 1 heterocycles. The van der Waals surface area contributed by atoms with E-state index in [9.17, 15) is 8.42 Å². The van der Waals surface area contributed by atoms with Crippen LogP contribution in [0.5, 0.6) is 0 Å². The van der Waals surface area contributed by atoms with Crippen molar-refractivity contribution >= 4 is 32.2 Å². The molecule has 0 radical (unpaired) electrons. The Morgan fingerprint density at radius 2 is 1.55 bits per heavy atom. The summed E-state index contributed by atoms with van der Waals surface area (Å²) in [5.74, 6) is 0. The maximum absolute atomic E-state index is 12.5. The van der Waals surface area contributed by atoms with Crippen LogP contribution in [-0.4, -0.2) is 13.4 Å². The van der Waals surface area contributed by atoms with Crippen molar-refractivity contribution in [1.29, 1.82) is 0 Å². The number of nitrogens with zero attached hydrogens (tertiary/aromatic N) is 1. The van der Waals surface area contributed by atoms with Crippen LogP contribution >= 0.6 is 11.6 Å². The SMILES string of the molecule is O=S(=O)(c1ccc(Cl)cc1)c1cc2ccccc2cn1. The van der Waals surface area contributed by atoms with E-state index in [-0.39, 0.29) is 9.92 Å². The van der Waals surface area contributed by atoms with Gasteiger partial charge in [-0.15, -0.1) is 0 Å². The van der Waals surface area contributed by atoms with Gasteiger partial charge in [-0.05, 0) is 35.7 Å². The molecular weight excluding hydrogens is 294 g/mol. The summed E-state index contributed by atoms with van der Waals surface area (Å²) >= 11 is 5.78. The molecule has 0 atom stereocenters. The highest BCUT2D eigenvalue weighted by atomic mass is 35.5. The lowest BCUT2D eigenvalue weighted by Gasteiger charge is -2.05. The predicted octanol–water partition coefficient (Wildman–Crippen LogP) is 3.72. The van der Waals surface area contributed by atoms with Crippen molar-refractivity contribution in [2.24, 2.45) is 0 Å². The molecular formula is C15H10ClNO2S. The largest absolute Gasteiger partial charge is 0.244 e. The Balaban J connectivity index is 2.15. The number of sulfone groups is 1. The molecule has 0 saturated heterocycles. The molecule has 20 heavy (non-hydrogen) atoms. The first-order chi connectivity index (χ1) is 9.57. The fraction of sp³-hybridized carbons (Fsp3) is 0. The zero-order valence-electron chi connectivity index (χ0n) is 10.3. The van der Waals surface area contributed by atoms with Crippen molar-refractivity contribution in [3.63, 3.8) is 0 Å². The average Bonchev–Trinajstić information content (AvgIpc) is 2.47. The van der Waals surface area contributed by atoms with Crippen molar-refractivity contribution in [1.82, 2.24) is 4.98 Å². The van der Waals surface area contributed by atoms with Gasteiger partial charge in [0.2, 0.25) is 9.84 Å². The molecule has 1 aromatic heterocycles.